The van der Waals surface area contributed by atoms with Crippen molar-refractivity contribution < 1.29 is 94.5 Å². The van der Waals surface area contributed by atoms with Gasteiger partial charge in [-0.25, -0.2) is 0 Å². The van der Waals surface area contributed by atoms with Gasteiger partial charge in [-0.15, -0.1) is 0 Å². The second-order valence-electron chi connectivity index (χ2n) is 23.7. The summed E-state index contributed by atoms with van der Waals surface area (Å²) >= 11 is 0. The van der Waals surface area contributed by atoms with Gasteiger partial charge in [0.05, 0.1) is 36.9 Å². The molecule has 5 saturated carbocycles. The molecule has 0 radical (unpaired) electrons. The van der Waals surface area contributed by atoms with Gasteiger partial charge in [-0.05, 0) is 129 Å². The first-order chi connectivity index (χ1) is 31.3. The average molecular weight is 961 g/mol. The molecule has 19 nitrogen and oxygen atoms in total. The number of carbonyl (C=O) groups excluding carboxylic acids is 1. The molecule has 67 heavy (non-hydrogen) atoms. The van der Waals surface area contributed by atoms with E-state index in [9.17, 15) is 66.1 Å². The minimum absolute atomic E-state index is 0.0296. The number of ether oxygens (including phenoxy) is 6. The van der Waals surface area contributed by atoms with Gasteiger partial charge < -0.3 is 89.7 Å². The van der Waals surface area contributed by atoms with E-state index in [1.807, 2.05) is 0 Å². The molecule has 0 bridgehead atoms. The summed E-state index contributed by atoms with van der Waals surface area (Å²) in [5.74, 6) is -0.631. The third kappa shape index (κ3) is 8.08. The Morgan fingerprint density at radius 1 is 0.567 bits per heavy atom. The van der Waals surface area contributed by atoms with Crippen LogP contribution in [0.15, 0.2) is 0 Å². The summed E-state index contributed by atoms with van der Waals surface area (Å²) in [6, 6.07) is 0. The van der Waals surface area contributed by atoms with Crippen LogP contribution in [0.2, 0.25) is 0 Å². The van der Waals surface area contributed by atoms with Gasteiger partial charge in [-0.2, -0.15) is 0 Å². The molecule has 3 aliphatic heterocycles. The Labute approximate surface area is 392 Å². The number of aliphatic hydroxyl groups is 12. The lowest BCUT2D eigenvalue weighted by atomic mass is 9.32. The molecule has 25 atom stereocenters. The molecule has 8 rings (SSSR count). The maximum Gasteiger partial charge on any atom is 0.314 e. The Morgan fingerprint density at radius 3 is 1.70 bits per heavy atom. The van der Waals surface area contributed by atoms with Crippen LogP contribution in [-0.4, -0.2) is 191 Å². The van der Waals surface area contributed by atoms with Crippen molar-refractivity contribution in [1.82, 2.24) is 0 Å². The van der Waals surface area contributed by atoms with Crippen LogP contribution in [0.25, 0.3) is 0 Å². The van der Waals surface area contributed by atoms with Crippen LogP contribution in [0.1, 0.15) is 113 Å². The van der Waals surface area contributed by atoms with E-state index in [4.69, 9.17) is 28.4 Å². The second kappa shape index (κ2) is 18.4. The van der Waals surface area contributed by atoms with E-state index in [0.29, 0.717) is 32.1 Å². The Balaban J connectivity index is 1.03. The fourth-order valence-electron chi connectivity index (χ4n) is 16.1. The van der Waals surface area contributed by atoms with E-state index >= 15 is 0 Å². The molecule has 3 saturated heterocycles. The van der Waals surface area contributed by atoms with Crippen LogP contribution in [0.3, 0.4) is 0 Å². The van der Waals surface area contributed by atoms with E-state index in [1.165, 1.54) is 0 Å². The summed E-state index contributed by atoms with van der Waals surface area (Å²) in [5, 5.41) is 127. The van der Waals surface area contributed by atoms with E-state index in [1.54, 1.807) is 13.8 Å². The van der Waals surface area contributed by atoms with E-state index in [2.05, 4.69) is 34.6 Å². The lowest BCUT2D eigenvalue weighted by molar-refractivity contribution is -0.378. The predicted octanol–water partition coefficient (Wildman–Crippen LogP) is -0.809. The highest BCUT2D eigenvalue weighted by Gasteiger charge is 2.73. The molecule has 0 spiro atoms. The first-order valence-electron chi connectivity index (χ1n) is 24.7. The summed E-state index contributed by atoms with van der Waals surface area (Å²) in [6.45, 7) is 13.2. The van der Waals surface area contributed by atoms with Crippen LogP contribution in [0.5, 0.6) is 0 Å². The maximum atomic E-state index is 14.7. The van der Waals surface area contributed by atoms with Crippen molar-refractivity contribution >= 4 is 5.97 Å². The minimum Gasteiger partial charge on any atom is -0.432 e. The Hall–Kier alpha value is -1.21. The van der Waals surface area contributed by atoms with Crippen molar-refractivity contribution in [3.63, 3.8) is 0 Å². The monoisotopic (exact) mass is 961 g/mol. The van der Waals surface area contributed by atoms with E-state index < -0.39 is 140 Å². The molecule has 0 amide bonds. The lowest BCUT2D eigenvalue weighted by Gasteiger charge is -2.73. The highest BCUT2D eigenvalue weighted by Crippen LogP contribution is 2.78. The summed E-state index contributed by atoms with van der Waals surface area (Å²) in [7, 11) is 0. The third-order valence-corrected chi connectivity index (χ3v) is 20.0. The molecule has 8 aliphatic rings. The van der Waals surface area contributed by atoms with Crippen LogP contribution in [-0.2, 0) is 33.2 Å². The van der Waals surface area contributed by atoms with Crippen LogP contribution in [0, 0.1) is 56.7 Å². The number of hydrogen-bond donors (Lipinski definition) is 12. The van der Waals surface area contributed by atoms with Gasteiger partial charge in [0.25, 0.3) is 0 Å². The molecule has 3 heterocycles. The Bertz CT molecular complexity index is 1760. The number of esters is 1. The summed E-state index contributed by atoms with van der Waals surface area (Å²) in [4.78, 5) is 14.7. The van der Waals surface area contributed by atoms with Crippen LogP contribution in [0.4, 0.5) is 0 Å². The topological polar surface area (TPSA) is 315 Å². The molecule has 5 aliphatic carbocycles. The molecular formula is C48H80O19. The molecule has 8 fully saturated rings. The molecule has 12 N–H and O–H groups in total. The molecule has 0 aromatic carbocycles. The van der Waals surface area contributed by atoms with Crippen molar-refractivity contribution in [2.45, 2.75) is 216 Å². The van der Waals surface area contributed by atoms with E-state index in [-0.39, 0.29) is 45.8 Å². The molecule has 0 unspecified atom stereocenters. The van der Waals surface area contributed by atoms with Crippen LogP contribution >= 0.6 is 0 Å². The largest absolute Gasteiger partial charge is 0.432 e. The number of fused-ring (bicyclic) bond motifs is 7. The highest BCUT2D eigenvalue weighted by atomic mass is 16.8. The fourth-order valence-corrected chi connectivity index (χ4v) is 16.1. The zero-order valence-electron chi connectivity index (χ0n) is 40.0. The molecule has 0 aromatic heterocycles. The van der Waals surface area contributed by atoms with Crippen molar-refractivity contribution in [2.24, 2.45) is 56.7 Å². The van der Waals surface area contributed by atoms with Gasteiger partial charge in [0.2, 0.25) is 6.29 Å². The Morgan fingerprint density at radius 2 is 1.12 bits per heavy atom. The average Bonchev–Trinajstić information content (AvgIpc) is 3.69. The highest BCUT2D eigenvalue weighted by molar-refractivity contribution is 5.78. The second-order valence-corrected chi connectivity index (χ2v) is 23.7. The molecule has 386 valence electrons. The summed E-state index contributed by atoms with van der Waals surface area (Å²) in [6.07, 6.45) is -16.8. The number of aliphatic hydroxyl groups excluding tert-OH is 11. The SMILES string of the molecule is CC(C)(O)[C@@H]1CC[C@]2(C(=O)O[C@@H]3O[C@H](CO)[C@@H](O)[C@H](O)[C@H]3O)CC[C@]3(C)[C@H](CC[C@@H]4[C@]5(C)CC[C@H](O[C@@H]6O[C@H](CO)[C@@H](O)[C@H](O)[C@H]6O[C@@H]6O[C@H](CO)[C@H](O)[C@H](O)[C@H]6O)C(C)(C)[C@@H]5CC[C@]43C)[C@H]12. The fraction of sp³-hybridized carbons (Fsp3) is 0.979. The summed E-state index contributed by atoms with van der Waals surface area (Å²) < 4.78 is 36.1. The zero-order chi connectivity index (χ0) is 49.1. The number of rotatable bonds is 10. The van der Waals surface area contributed by atoms with Gasteiger partial charge in [0.1, 0.15) is 73.2 Å². The van der Waals surface area contributed by atoms with Crippen LogP contribution < -0.4 is 0 Å². The smallest absolute Gasteiger partial charge is 0.314 e. The van der Waals surface area contributed by atoms with Gasteiger partial charge in [-0.3, -0.25) is 4.79 Å². The minimum atomic E-state index is -1.79. The third-order valence-electron chi connectivity index (χ3n) is 20.0. The first kappa shape index (κ1) is 52.1. The normalized spacial score (nSPS) is 54.3. The van der Waals surface area contributed by atoms with Crippen molar-refractivity contribution in [1.29, 1.82) is 0 Å². The number of hydrogen-bond acceptors (Lipinski definition) is 19. The first-order valence-corrected chi connectivity index (χ1v) is 24.7. The van der Waals surface area contributed by atoms with Gasteiger partial charge in [0, 0.05) is 0 Å². The molecule has 19 heteroatoms. The molecular weight excluding hydrogens is 881 g/mol. The maximum absolute atomic E-state index is 14.7. The van der Waals surface area contributed by atoms with Gasteiger partial charge in [0.15, 0.2) is 12.6 Å². The van der Waals surface area contributed by atoms with Gasteiger partial charge in [-0.1, -0.05) is 34.6 Å². The van der Waals surface area contributed by atoms with Crippen molar-refractivity contribution in [3.05, 3.63) is 0 Å². The number of carbonyl (C=O) groups is 1. The quantitative estimate of drug-likeness (QED) is 0.0941. The summed E-state index contributed by atoms with van der Waals surface area (Å²) in [5.41, 5.74) is -3.23. The Kier molecular flexibility index (Phi) is 14.3. The zero-order valence-corrected chi connectivity index (χ0v) is 40.0. The molecule has 0 aromatic rings. The van der Waals surface area contributed by atoms with Gasteiger partial charge >= 0.3 is 5.97 Å². The standard InChI is InChI=1S/C48H80O19/c1-43(2)26-11-14-47(7)27(45(26,5)13-12-28(43)65-41-38(35(57)32(54)25(20-51)64-41)66-39-36(58)33(55)30(52)23(18-49)62-39)9-8-22-29-21(44(3,4)61)10-15-48(29,17-16-46(22,47)6)42(60)67-40-37(59)34(56)31(53)24(19-50)63-40/h21-41,49-59,61H,8-20H2,1-7H3/t21-,22-,23-,24-,25-,26+,27-,28+,29+,30+,31-,32-,33+,34+,35+,36-,37-,38-,39+,40+,41+,45-,46-,47-,48+/m1/s1. The van der Waals surface area contributed by atoms with Crippen molar-refractivity contribution in [3.8, 4) is 0 Å². The lowest BCUT2D eigenvalue weighted by Crippen LogP contribution is -2.68. The predicted molar refractivity (Wildman–Crippen MR) is 232 cm³/mol. The van der Waals surface area contributed by atoms with E-state index in [0.717, 1.165) is 32.1 Å². The van der Waals surface area contributed by atoms with Crippen molar-refractivity contribution in [2.75, 3.05) is 19.8 Å².